The number of carbonyl (C=O) groups is 1. The lowest BCUT2D eigenvalue weighted by molar-refractivity contribution is 0.0954. The molecule has 0 aliphatic rings. The lowest BCUT2D eigenvalue weighted by atomic mass is 10.2. The number of benzene rings is 1. The fourth-order valence-corrected chi connectivity index (χ4v) is 1.50. The molecule has 6 heteroatoms. The van der Waals surface area contributed by atoms with Crippen molar-refractivity contribution >= 4 is 18.3 Å². The molecule has 5 nitrogen and oxygen atoms in total. The van der Waals surface area contributed by atoms with Gasteiger partial charge in [-0.2, -0.15) is 0 Å². The summed E-state index contributed by atoms with van der Waals surface area (Å²) in [5.41, 5.74) is 0.639. The third-order valence-corrected chi connectivity index (χ3v) is 2.54. The van der Waals surface area contributed by atoms with Crippen LogP contribution in [0.5, 0.6) is 5.75 Å². The molecule has 114 valence electrons. The predicted octanol–water partition coefficient (Wildman–Crippen LogP) is 1.47. The van der Waals surface area contributed by atoms with Crippen molar-refractivity contribution in [2.24, 2.45) is 0 Å². The average Bonchev–Trinajstić information content (AvgIpc) is 2.44. The van der Waals surface area contributed by atoms with E-state index in [0.29, 0.717) is 25.3 Å². The Morgan fingerprint density at radius 3 is 2.45 bits per heavy atom. The van der Waals surface area contributed by atoms with E-state index in [2.05, 4.69) is 10.6 Å². The van der Waals surface area contributed by atoms with Gasteiger partial charge in [-0.1, -0.05) is 0 Å². The molecule has 0 radical (unpaired) electrons. The monoisotopic (exact) mass is 302 g/mol. The number of nitrogens with one attached hydrogen (secondary N) is 2. The first-order valence-electron chi connectivity index (χ1n) is 6.42. The van der Waals surface area contributed by atoms with Gasteiger partial charge in [0, 0.05) is 38.8 Å². The second-order valence-electron chi connectivity index (χ2n) is 4.08. The first-order chi connectivity index (χ1) is 9.27. The van der Waals surface area contributed by atoms with Crippen molar-refractivity contribution in [2.75, 3.05) is 40.5 Å². The van der Waals surface area contributed by atoms with Crippen molar-refractivity contribution in [3.63, 3.8) is 0 Å². The summed E-state index contributed by atoms with van der Waals surface area (Å²) >= 11 is 0. The molecule has 0 heterocycles. The van der Waals surface area contributed by atoms with E-state index in [1.807, 2.05) is 7.05 Å². The van der Waals surface area contributed by atoms with Crippen LogP contribution in [-0.4, -0.2) is 46.4 Å². The van der Waals surface area contributed by atoms with Crippen LogP contribution >= 0.6 is 12.4 Å². The largest absolute Gasteiger partial charge is 0.494 e. The number of likely N-dealkylation sites (N-methyl/N-ethyl adjacent to an activating group) is 1. The number of ether oxygens (including phenoxy) is 2. The van der Waals surface area contributed by atoms with Gasteiger partial charge in [0.25, 0.3) is 5.91 Å². The van der Waals surface area contributed by atoms with Crippen molar-refractivity contribution in [1.82, 2.24) is 10.6 Å². The first kappa shape index (κ1) is 18.7. The van der Waals surface area contributed by atoms with Gasteiger partial charge in [-0.3, -0.25) is 4.79 Å². The Morgan fingerprint density at radius 2 is 1.85 bits per heavy atom. The van der Waals surface area contributed by atoms with Gasteiger partial charge in [-0.15, -0.1) is 12.4 Å². The van der Waals surface area contributed by atoms with Crippen molar-refractivity contribution in [1.29, 1.82) is 0 Å². The van der Waals surface area contributed by atoms with Gasteiger partial charge in [0.1, 0.15) is 5.75 Å². The lowest BCUT2D eigenvalue weighted by Gasteiger charge is -2.07. The average molecular weight is 303 g/mol. The number of hydrogen-bond donors (Lipinski definition) is 2. The maximum absolute atomic E-state index is 11.7. The highest BCUT2D eigenvalue weighted by molar-refractivity contribution is 5.94. The third-order valence-electron chi connectivity index (χ3n) is 2.54. The number of carbonyl (C=O) groups excluding carboxylic acids is 1. The smallest absolute Gasteiger partial charge is 0.251 e. The SMILES string of the molecule is CNCCNC(=O)c1ccc(OCCCOC)cc1.Cl. The zero-order valence-corrected chi connectivity index (χ0v) is 12.8. The highest BCUT2D eigenvalue weighted by Crippen LogP contribution is 2.12. The topological polar surface area (TPSA) is 59.6 Å². The van der Waals surface area contributed by atoms with E-state index in [1.54, 1.807) is 31.4 Å². The molecule has 0 saturated carbocycles. The Hall–Kier alpha value is -1.30. The number of rotatable bonds is 9. The van der Waals surface area contributed by atoms with Gasteiger partial charge in [0.2, 0.25) is 0 Å². The summed E-state index contributed by atoms with van der Waals surface area (Å²) < 4.78 is 10.5. The Balaban J connectivity index is 0.00000361. The van der Waals surface area contributed by atoms with Crippen LogP contribution in [0.2, 0.25) is 0 Å². The van der Waals surface area contributed by atoms with E-state index >= 15 is 0 Å². The molecule has 1 rings (SSSR count). The molecular formula is C14H23ClN2O3. The van der Waals surface area contributed by atoms with Gasteiger partial charge in [-0.25, -0.2) is 0 Å². The summed E-state index contributed by atoms with van der Waals surface area (Å²) in [6.45, 7) is 2.67. The fourth-order valence-electron chi connectivity index (χ4n) is 1.50. The van der Waals surface area contributed by atoms with E-state index in [1.165, 1.54) is 0 Å². The van der Waals surface area contributed by atoms with Gasteiger partial charge in [-0.05, 0) is 31.3 Å². The summed E-state index contributed by atoms with van der Waals surface area (Å²) in [4.78, 5) is 11.7. The van der Waals surface area contributed by atoms with Crippen molar-refractivity contribution in [3.8, 4) is 5.75 Å². The van der Waals surface area contributed by atoms with E-state index in [9.17, 15) is 4.79 Å². The molecule has 1 aromatic carbocycles. The number of methoxy groups -OCH3 is 1. The number of halogens is 1. The molecule has 1 amide bonds. The second kappa shape index (κ2) is 11.5. The minimum absolute atomic E-state index is 0. The van der Waals surface area contributed by atoms with Crippen molar-refractivity contribution < 1.29 is 14.3 Å². The Kier molecular flexibility index (Phi) is 10.8. The molecule has 2 N–H and O–H groups in total. The molecule has 0 atom stereocenters. The van der Waals surface area contributed by atoms with Crippen LogP contribution in [-0.2, 0) is 4.74 Å². The standard InChI is InChI=1S/C14H22N2O3.ClH/c1-15-8-9-16-14(17)12-4-6-13(7-5-12)19-11-3-10-18-2;/h4-7,15H,3,8-11H2,1-2H3,(H,16,17);1H. The van der Waals surface area contributed by atoms with Crippen molar-refractivity contribution in [3.05, 3.63) is 29.8 Å². The Morgan fingerprint density at radius 1 is 1.15 bits per heavy atom. The molecular weight excluding hydrogens is 280 g/mol. The molecule has 0 aromatic heterocycles. The van der Waals surface area contributed by atoms with Crippen LogP contribution in [0.15, 0.2) is 24.3 Å². The van der Waals surface area contributed by atoms with Crippen LogP contribution in [0.1, 0.15) is 16.8 Å². The number of amides is 1. The molecule has 0 saturated heterocycles. The highest BCUT2D eigenvalue weighted by Gasteiger charge is 2.04. The molecule has 0 spiro atoms. The molecule has 0 unspecified atom stereocenters. The van der Waals surface area contributed by atoms with Crippen LogP contribution in [0.3, 0.4) is 0 Å². The molecule has 1 aromatic rings. The summed E-state index contributed by atoms with van der Waals surface area (Å²) in [6.07, 6.45) is 0.850. The van der Waals surface area contributed by atoms with Crippen LogP contribution < -0.4 is 15.4 Å². The van der Waals surface area contributed by atoms with Crippen LogP contribution in [0.4, 0.5) is 0 Å². The van der Waals surface area contributed by atoms with E-state index < -0.39 is 0 Å². The fraction of sp³-hybridized carbons (Fsp3) is 0.500. The Bertz CT molecular complexity index is 371. The van der Waals surface area contributed by atoms with Gasteiger partial charge in [0.05, 0.1) is 6.61 Å². The van der Waals surface area contributed by atoms with Gasteiger partial charge >= 0.3 is 0 Å². The number of hydrogen-bond acceptors (Lipinski definition) is 4. The van der Waals surface area contributed by atoms with E-state index in [0.717, 1.165) is 18.7 Å². The molecule has 0 aliphatic heterocycles. The maximum Gasteiger partial charge on any atom is 0.251 e. The molecule has 0 aliphatic carbocycles. The van der Waals surface area contributed by atoms with E-state index in [4.69, 9.17) is 9.47 Å². The van der Waals surface area contributed by atoms with Crippen LogP contribution in [0, 0.1) is 0 Å². The second-order valence-corrected chi connectivity index (χ2v) is 4.08. The van der Waals surface area contributed by atoms with Crippen molar-refractivity contribution in [2.45, 2.75) is 6.42 Å². The first-order valence-corrected chi connectivity index (χ1v) is 6.42. The minimum atomic E-state index is -0.0683. The zero-order chi connectivity index (χ0) is 13.9. The maximum atomic E-state index is 11.7. The lowest BCUT2D eigenvalue weighted by Crippen LogP contribution is -2.30. The summed E-state index contributed by atoms with van der Waals surface area (Å²) in [6, 6.07) is 7.14. The highest BCUT2D eigenvalue weighted by atomic mass is 35.5. The Labute approximate surface area is 126 Å². The van der Waals surface area contributed by atoms with E-state index in [-0.39, 0.29) is 18.3 Å². The quantitative estimate of drug-likeness (QED) is 0.678. The van der Waals surface area contributed by atoms with Crippen LogP contribution in [0.25, 0.3) is 0 Å². The normalized spacial score (nSPS) is 9.70. The summed E-state index contributed by atoms with van der Waals surface area (Å²) in [5.74, 6) is 0.698. The predicted molar refractivity (Wildman–Crippen MR) is 81.9 cm³/mol. The minimum Gasteiger partial charge on any atom is -0.494 e. The molecule has 20 heavy (non-hydrogen) atoms. The molecule has 0 bridgehead atoms. The zero-order valence-electron chi connectivity index (χ0n) is 12.0. The van der Waals surface area contributed by atoms with Gasteiger partial charge < -0.3 is 20.1 Å². The summed E-state index contributed by atoms with van der Waals surface area (Å²) in [7, 11) is 3.52. The van der Waals surface area contributed by atoms with Gasteiger partial charge in [0.15, 0.2) is 0 Å². The third kappa shape index (κ3) is 7.33. The molecule has 0 fully saturated rings. The summed E-state index contributed by atoms with van der Waals surface area (Å²) in [5, 5.41) is 5.79.